The molecular formula is C9H17N3. The molecular weight excluding hydrogens is 150 g/mol. The lowest BCUT2D eigenvalue weighted by atomic mass is 9.91. The number of piperidine rings is 1. The Morgan fingerprint density at radius 2 is 2.42 bits per heavy atom. The first kappa shape index (κ1) is 9.34. The van der Waals surface area contributed by atoms with E-state index in [1.807, 2.05) is 6.19 Å². The predicted molar refractivity (Wildman–Crippen MR) is 48.5 cm³/mol. The summed E-state index contributed by atoms with van der Waals surface area (Å²) >= 11 is 0. The van der Waals surface area contributed by atoms with Crippen LogP contribution in [-0.2, 0) is 0 Å². The first-order valence-electron chi connectivity index (χ1n) is 4.59. The van der Waals surface area contributed by atoms with Gasteiger partial charge in [-0.15, -0.1) is 0 Å². The van der Waals surface area contributed by atoms with Crippen molar-refractivity contribution >= 4 is 0 Å². The molecule has 0 aromatic heterocycles. The minimum absolute atomic E-state index is 0.0169. The molecule has 3 heteroatoms. The number of rotatable bonds is 2. The summed E-state index contributed by atoms with van der Waals surface area (Å²) in [4.78, 5) is 2.38. The number of likely N-dealkylation sites (N-methyl/N-ethyl adjacent to an activating group) is 1. The summed E-state index contributed by atoms with van der Waals surface area (Å²) < 4.78 is 0. The fourth-order valence-electron chi connectivity index (χ4n) is 1.85. The Labute approximate surface area is 74.4 Å². The second-order valence-corrected chi connectivity index (χ2v) is 3.77. The van der Waals surface area contributed by atoms with E-state index < -0.39 is 0 Å². The van der Waals surface area contributed by atoms with Gasteiger partial charge in [0.1, 0.15) is 0 Å². The zero-order valence-electron chi connectivity index (χ0n) is 7.93. The molecule has 1 heterocycles. The van der Waals surface area contributed by atoms with Crippen molar-refractivity contribution in [1.82, 2.24) is 10.2 Å². The molecule has 1 aliphatic heterocycles. The topological polar surface area (TPSA) is 39.1 Å². The lowest BCUT2D eigenvalue weighted by molar-refractivity contribution is 0.151. The van der Waals surface area contributed by atoms with Crippen molar-refractivity contribution in [3.63, 3.8) is 0 Å². The first-order chi connectivity index (χ1) is 5.70. The number of nitrogens with zero attached hydrogens (tertiary/aromatic N) is 2. The highest BCUT2D eigenvalue weighted by atomic mass is 15.2. The summed E-state index contributed by atoms with van der Waals surface area (Å²) in [5, 5.41) is 11.5. The molecule has 1 saturated heterocycles. The zero-order chi connectivity index (χ0) is 9.03. The summed E-state index contributed by atoms with van der Waals surface area (Å²) in [5.74, 6) is 0. The summed E-state index contributed by atoms with van der Waals surface area (Å²) in [6, 6.07) is 0. The Balaban J connectivity index is 2.49. The standard InChI is InChI=1S/C9H17N3/c1-3-12-6-4-5-9(2,7-12)11-8-10/h11H,3-7H2,1-2H3. The van der Waals surface area contributed by atoms with Gasteiger partial charge in [-0.1, -0.05) is 6.92 Å². The monoisotopic (exact) mass is 167 g/mol. The number of nitriles is 1. The van der Waals surface area contributed by atoms with E-state index in [1.54, 1.807) is 0 Å². The Kier molecular flexibility index (Phi) is 2.93. The summed E-state index contributed by atoms with van der Waals surface area (Å²) in [6.45, 7) is 7.55. The molecule has 1 N–H and O–H groups in total. The third-order valence-corrected chi connectivity index (χ3v) is 2.58. The Bertz CT molecular complexity index is 185. The maximum atomic E-state index is 8.56. The molecule has 1 fully saturated rings. The van der Waals surface area contributed by atoms with E-state index in [9.17, 15) is 0 Å². The number of hydrogen-bond acceptors (Lipinski definition) is 3. The van der Waals surface area contributed by atoms with Gasteiger partial charge in [0.05, 0.1) is 5.54 Å². The number of hydrogen-bond donors (Lipinski definition) is 1. The molecule has 0 saturated carbocycles. The van der Waals surface area contributed by atoms with E-state index >= 15 is 0 Å². The van der Waals surface area contributed by atoms with E-state index in [-0.39, 0.29) is 5.54 Å². The van der Waals surface area contributed by atoms with Gasteiger partial charge >= 0.3 is 0 Å². The average molecular weight is 167 g/mol. The molecule has 0 aromatic carbocycles. The van der Waals surface area contributed by atoms with Crippen LogP contribution in [-0.4, -0.2) is 30.1 Å². The third-order valence-electron chi connectivity index (χ3n) is 2.58. The van der Waals surface area contributed by atoms with E-state index in [2.05, 4.69) is 24.1 Å². The Morgan fingerprint density at radius 1 is 1.67 bits per heavy atom. The van der Waals surface area contributed by atoms with Crippen LogP contribution >= 0.6 is 0 Å². The molecule has 12 heavy (non-hydrogen) atoms. The minimum atomic E-state index is 0.0169. The average Bonchev–Trinajstić information content (AvgIpc) is 2.04. The van der Waals surface area contributed by atoms with Crippen LogP contribution < -0.4 is 5.32 Å². The van der Waals surface area contributed by atoms with E-state index in [0.29, 0.717) is 0 Å². The summed E-state index contributed by atoms with van der Waals surface area (Å²) in [5.41, 5.74) is 0.0169. The van der Waals surface area contributed by atoms with Gasteiger partial charge < -0.3 is 10.2 Å². The van der Waals surface area contributed by atoms with Crippen molar-refractivity contribution in [2.45, 2.75) is 32.2 Å². The van der Waals surface area contributed by atoms with Crippen LogP contribution in [0.3, 0.4) is 0 Å². The maximum Gasteiger partial charge on any atom is 0.177 e. The zero-order valence-corrected chi connectivity index (χ0v) is 7.93. The van der Waals surface area contributed by atoms with Crippen LogP contribution in [0.25, 0.3) is 0 Å². The smallest absolute Gasteiger partial charge is 0.177 e. The van der Waals surface area contributed by atoms with Gasteiger partial charge in [0.25, 0.3) is 0 Å². The first-order valence-corrected chi connectivity index (χ1v) is 4.59. The molecule has 1 aliphatic rings. The molecule has 1 unspecified atom stereocenters. The maximum absolute atomic E-state index is 8.56. The molecule has 1 rings (SSSR count). The quantitative estimate of drug-likeness (QED) is 0.491. The van der Waals surface area contributed by atoms with E-state index in [1.165, 1.54) is 13.0 Å². The van der Waals surface area contributed by atoms with Crippen molar-refractivity contribution < 1.29 is 0 Å². The second kappa shape index (κ2) is 3.77. The molecule has 3 nitrogen and oxygen atoms in total. The van der Waals surface area contributed by atoms with E-state index in [0.717, 1.165) is 19.5 Å². The van der Waals surface area contributed by atoms with Crippen molar-refractivity contribution in [3.05, 3.63) is 0 Å². The van der Waals surface area contributed by atoms with Gasteiger partial charge in [-0.25, -0.2) is 0 Å². The number of nitrogens with one attached hydrogen (secondary N) is 1. The van der Waals surface area contributed by atoms with E-state index in [4.69, 9.17) is 5.26 Å². The fourth-order valence-corrected chi connectivity index (χ4v) is 1.85. The fraction of sp³-hybridized carbons (Fsp3) is 0.889. The van der Waals surface area contributed by atoms with Crippen LogP contribution in [0, 0.1) is 11.5 Å². The highest BCUT2D eigenvalue weighted by Gasteiger charge is 2.29. The third kappa shape index (κ3) is 2.12. The normalized spacial score (nSPS) is 31.1. The molecule has 1 atom stereocenters. The van der Waals surface area contributed by atoms with Gasteiger partial charge in [-0.2, -0.15) is 5.26 Å². The molecule has 0 bridgehead atoms. The molecule has 0 amide bonds. The van der Waals surface area contributed by atoms with Crippen LogP contribution in [0.2, 0.25) is 0 Å². The second-order valence-electron chi connectivity index (χ2n) is 3.77. The van der Waals surface area contributed by atoms with Gasteiger partial charge in [0.15, 0.2) is 6.19 Å². The Hall–Kier alpha value is -0.750. The van der Waals surface area contributed by atoms with Crippen LogP contribution in [0.1, 0.15) is 26.7 Å². The highest BCUT2D eigenvalue weighted by molar-refractivity contribution is 4.94. The van der Waals surface area contributed by atoms with Crippen LogP contribution in [0.4, 0.5) is 0 Å². The predicted octanol–water partition coefficient (Wildman–Crippen LogP) is 0.931. The van der Waals surface area contributed by atoms with Crippen molar-refractivity contribution in [3.8, 4) is 6.19 Å². The molecule has 0 aliphatic carbocycles. The summed E-state index contributed by atoms with van der Waals surface area (Å²) in [6.07, 6.45) is 4.35. The largest absolute Gasteiger partial charge is 0.317 e. The van der Waals surface area contributed by atoms with Gasteiger partial charge in [0, 0.05) is 6.54 Å². The molecule has 0 aromatic rings. The Morgan fingerprint density at radius 3 is 3.00 bits per heavy atom. The van der Waals surface area contributed by atoms with Crippen molar-refractivity contribution in [1.29, 1.82) is 5.26 Å². The molecule has 0 radical (unpaired) electrons. The summed E-state index contributed by atoms with van der Waals surface area (Å²) in [7, 11) is 0. The van der Waals surface area contributed by atoms with Crippen LogP contribution in [0.5, 0.6) is 0 Å². The van der Waals surface area contributed by atoms with Crippen molar-refractivity contribution in [2.24, 2.45) is 0 Å². The van der Waals surface area contributed by atoms with Crippen LogP contribution in [0.15, 0.2) is 0 Å². The van der Waals surface area contributed by atoms with Gasteiger partial charge in [-0.05, 0) is 32.9 Å². The lowest BCUT2D eigenvalue weighted by Crippen LogP contribution is -2.53. The molecule has 68 valence electrons. The molecule has 0 spiro atoms. The SMILES string of the molecule is CCN1CCCC(C)(NC#N)C1. The minimum Gasteiger partial charge on any atom is -0.317 e. The number of likely N-dealkylation sites (tertiary alicyclic amines) is 1. The van der Waals surface area contributed by atoms with Crippen molar-refractivity contribution in [2.75, 3.05) is 19.6 Å². The highest BCUT2D eigenvalue weighted by Crippen LogP contribution is 2.19. The van der Waals surface area contributed by atoms with Gasteiger partial charge in [-0.3, -0.25) is 0 Å². The van der Waals surface area contributed by atoms with Gasteiger partial charge in [0.2, 0.25) is 0 Å². The lowest BCUT2D eigenvalue weighted by Gasteiger charge is -2.39.